The van der Waals surface area contributed by atoms with Gasteiger partial charge in [0.05, 0.1) is 10.9 Å². The summed E-state index contributed by atoms with van der Waals surface area (Å²) in [5, 5.41) is 16.7. The van der Waals surface area contributed by atoms with Crippen LogP contribution in [-0.4, -0.2) is 71.4 Å². The van der Waals surface area contributed by atoms with Crippen LogP contribution in [0.5, 0.6) is 0 Å². The van der Waals surface area contributed by atoms with Crippen LogP contribution >= 0.6 is 0 Å². The van der Waals surface area contributed by atoms with E-state index in [0.29, 0.717) is 36.9 Å². The molecular formula is C23H35N7O4S. The van der Waals surface area contributed by atoms with Crippen molar-refractivity contribution in [3.05, 3.63) is 18.2 Å². The highest BCUT2D eigenvalue weighted by molar-refractivity contribution is 7.89. The third-order valence-corrected chi connectivity index (χ3v) is 7.76. The number of anilines is 1. The quantitative estimate of drug-likeness (QED) is 0.612. The molecule has 4 rings (SSSR count). The molecular weight excluding hydrogens is 470 g/mol. The average Bonchev–Trinajstić information content (AvgIpc) is 3.49. The predicted octanol–water partition coefficient (Wildman–Crippen LogP) is 3.17. The summed E-state index contributed by atoms with van der Waals surface area (Å²) in [5.74, 6) is 0.340. The van der Waals surface area contributed by atoms with Gasteiger partial charge in [-0.25, -0.2) is 17.9 Å². The minimum Gasteiger partial charge on any atom is -0.444 e. The lowest BCUT2D eigenvalue weighted by Gasteiger charge is -2.25. The van der Waals surface area contributed by atoms with Crippen molar-refractivity contribution in [2.24, 2.45) is 0 Å². The molecule has 1 atom stereocenters. The number of nitrogens with one attached hydrogen (secondary N) is 2. The summed E-state index contributed by atoms with van der Waals surface area (Å²) in [6, 6.07) is 5.12. The molecule has 1 saturated heterocycles. The second-order valence-electron chi connectivity index (χ2n) is 10.2. The number of hydrogen-bond acceptors (Lipinski definition) is 8. The standard InChI is InChI=1S/C23H35N7O4S/c1-23(2,3)34-22(31)29-13-12-17(15-29)30-27-21(26-28-30)19-14-18(35(32,33)24-4)10-11-20(19)25-16-8-6-5-7-9-16/h10-11,14,16-17,24-25H,5-9,12-13,15H2,1-4H3. The average molecular weight is 506 g/mol. The van der Waals surface area contributed by atoms with E-state index in [1.54, 1.807) is 23.1 Å². The third-order valence-electron chi connectivity index (χ3n) is 6.35. The number of benzene rings is 1. The molecule has 35 heavy (non-hydrogen) atoms. The Morgan fingerprint density at radius 3 is 2.57 bits per heavy atom. The van der Waals surface area contributed by atoms with E-state index in [-0.39, 0.29) is 17.0 Å². The molecule has 1 unspecified atom stereocenters. The van der Waals surface area contributed by atoms with Crippen LogP contribution in [-0.2, 0) is 14.8 Å². The fourth-order valence-corrected chi connectivity index (χ4v) is 5.25. The van der Waals surface area contributed by atoms with Gasteiger partial charge in [-0.05, 0) is 70.5 Å². The lowest BCUT2D eigenvalue weighted by Crippen LogP contribution is -2.35. The van der Waals surface area contributed by atoms with Crippen LogP contribution in [0.25, 0.3) is 11.4 Å². The number of amides is 1. The number of ether oxygens (including phenoxy) is 1. The molecule has 12 heteroatoms. The van der Waals surface area contributed by atoms with Crippen molar-refractivity contribution in [2.75, 3.05) is 25.5 Å². The maximum Gasteiger partial charge on any atom is 0.410 e. The third kappa shape index (κ3) is 6.10. The first-order chi connectivity index (χ1) is 16.6. The molecule has 2 heterocycles. The summed E-state index contributed by atoms with van der Waals surface area (Å²) < 4.78 is 32.7. The van der Waals surface area contributed by atoms with Crippen LogP contribution < -0.4 is 10.0 Å². The molecule has 11 nitrogen and oxygen atoms in total. The van der Waals surface area contributed by atoms with Crippen molar-refractivity contribution in [2.45, 2.75) is 81.9 Å². The highest BCUT2D eigenvalue weighted by Gasteiger charge is 2.32. The molecule has 2 fully saturated rings. The van der Waals surface area contributed by atoms with Crippen molar-refractivity contribution in [3.8, 4) is 11.4 Å². The fraction of sp³-hybridized carbons (Fsp3) is 0.652. The van der Waals surface area contributed by atoms with E-state index in [4.69, 9.17) is 4.74 Å². The normalized spacial score (nSPS) is 19.7. The summed E-state index contributed by atoms with van der Waals surface area (Å²) in [4.78, 5) is 15.7. The van der Waals surface area contributed by atoms with Gasteiger partial charge in [-0.15, -0.1) is 10.2 Å². The number of aromatic nitrogens is 4. The van der Waals surface area contributed by atoms with Crippen LogP contribution in [0.15, 0.2) is 23.1 Å². The Bertz CT molecular complexity index is 1150. The van der Waals surface area contributed by atoms with Crippen LogP contribution in [0, 0.1) is 0 Å². The number of sulfonamides is 1. The SMILES string of the molecule is CNS(=O)(=O)c1ccc(NC2CCCCC2)c(-c2nnn(C3CCN(C(=O)OC(C)(C)C)C3)n2)c1. The molecule has 1 amide bonds. The number of carbonyl (C=O) groups excluding carboxylic acids is 1. The summed E-state index contributed by atoms with van der Waals surface area (Å²) in [6.07, 6.45) is 6.03. The van der Waals surface area contributed by atoms with Gasteiger partial charge in [-0.1, -0.05) is 19.3 Å². The number of nitrogens with zero attached hydrogens (tertiary/aromatic N) is 5. The van der Waals surface area contributed by atoms with E-state index < -0.39 is 15.6 Å². The second kappa shape index (κ2) is 10.1. The Kier molecular flexibility index (Phi) is 7.32. The van der Waals surface area contributed by atoms with Crippen LogP contribution in [0.2, 0.25) is 0 Å². The van der Waals surface area contributed by atoms with Crippen LogP contribution in [0.3, 0.4) is 0 Å². The molecule has 192 valence electrons. The van der Waals surface area contributed by atoms with Gasteiger partial charge in [0.15, 0.2) is 0 Å². The Labute approximate surface area is 206 Å². The van der Waals surface area contributed by atoms with Crippen molar-refractivity contribution >= 4 is 21.8 Å². The number of hydrogen-bond donors (Lipinski definition) is 2. The summed E-state index contributed by atoms with van der Waals surface area (Å²) in [6.45, 7) is 6.48. The lowest BCUT2D eigenvalue weighted by molar-refractivity contribution is 0.0287. The molecule has 0 spiro atoms. The van der Waals surface area contributed by atoms with Gasteiger partial charge < -0.3 is 15.0 Å². The zero-order valence-electron chi connectivity index (χ0n) is 20.8. The molecule has 1 saturated carbocycles. The highest BCUT2D eigenvalue weighted by Crippen LogP contribution is 2.32. The Balaban J connectivity index is 1.58. The first kappa shape index (κ1) is 25.4. The second-order valence-corrected chi connectivity index (χ2v) is 12.1. The highest BCUT2D eigenvalue weighted by atomic mass is 32.2. The van der Waals surface area contributed by atoms with Gasteiger partial charge in [-0.3, -0.25) is 0 Å². The fourth-order valence-electron chi connectivity index (χ4n) is 4.50. The van der Waals surface area contributed by atoms with E-state index >= 15 is 0 Å². The van der Waals surface area contributed by atoms with Gasteiger partial charge >= 0.3 is 6.09 Å². The molecule has 1 aliphatic carbocycles. The van der Waals surface area contributed by atoms with Gasteiger partial charge in [0.1, 0.15) is 5.60 Å². The van der Waals surface area contributed by atoms with Gasteiger partial charge in [0.2, 0.25) is 15.8 Å². The Morgan fingerprint density at radius 1 is 1.14 bits per heavy atom. The molecule has 0 radical (unpaired) electrons. The number of rotatable bonds is 6. The first-order valence-corrected chi connectivity index (χ1v) is 13.7. The molecule has 2 aliphatic rings. The Morgan fingerprint density at radius 2 is 1.89 bits per heavy atom. The van der Waals surface area contributed by atoms with Crippen molar-refractivity contribution in [1.82, 2.24) is 29.8 Å². The van der Waals surface area contributed by atoms with Crippen molar-refractivity contribution in [3.63, 3.8) is 0 Å². The minimum atomic E-state index is -3.64. The van der Waals surface area contributed by atoms with Crippen LogP contribution in [0.1, 0.15) is 65.3 Å². The van der Waals surface area contributed by atoms with Gasteiger partial charge in [0.25, 0.3) is 0 Å². The van der Waals surface area contributed by atoms with Crippen LogP contribution in [0.4, 0.5) is 10.5 Å². The summed E-state index contributed by atoms with van der Waals surface area (Å²) in [7, 11) is -2.25. The molecule has 2 aromatic rings. The van der Waals surface area contributed by atoms with Crippen molar-refractivity contribution in [1.29, 1.82) is 0 Å². The minimum absolute atomic E-state index is 0.136. The number of tetrazole rings is 1. The van der Waals surface area contributed by atoms with Gasteiger partial charge in [-0.2, -0.15) is 4.80 Å². The molecule has 2 N–H and O–H groups in total. The van der Waals surface area contributed by atoms with E-state index in [1.165, 1.54) is 31.1 Å². The summed E-state index contributed by atoms with van der Waals surface area (Å²) in [5.41, 5.74) is 0.808. The van der Waals surface area contributed by atoms with E-state index in [0.717, 1.165) is 18.5 Å². The maximum absolute atomic E-state index is 12.5. The maximum atomic E-state index is 12.5. The number of likely N-dealkylation sites (tertiary alicyclic amines) is 1. The molecule has 0 bridgehead atoms. The molecule has 1 aromatic carbocycles. The monoisotopic (exact) mass is 505 g/mol. The largest absolute Gasteiger partial charge is 0.444 e. The topological polar surface area (TPSA) is 131 Å². The summed E-state index contributed by atoms with van der Waals surface area (Å²) >= 11 is 0. The van der Waals surface area contributed by atoms with E-state index in [9.17, 15) is 13.2 Å². The zero-order valence-corrected chi connectivity index (χ0v) is 21.6. The van der Waals surface area contributed by atoms with Crippen molar-refractivity contribution < 1.29 is 17.9 Å². The molecule has 1 aromatic heterocycles. The Hall–Kier alpha value is -2.73. The smallest absolute Gasteiger partial charge is 0.410 e. The predicted molar refractivity (Wildman–Crippen MR) is 131 cm³/mol. The zero-order chi connectivity index (χ0) is 25.2. The van der Waals surface area contributed by atoms with Gasteiger partial charge in [0, 0.05) is 30.4 Å². The molecule has 1 aliphatic heterocycles. The van der Waals surface area contributed by atoms with E-state index in [2.05, 4.69) is 25.4 Å². The first-order valence-electron chi connectivity index (χ1n) is 12.2. The van der Waals surface area contributed by atoms with E-state index in [1.807, 2.05) is 20.8 Å². The number of carbonyl (C=O) groups is 1. The lowest BCUT2D eigenvalue weighted by atomic mass is 9.95.